The van der Waals surface area contributed by atoms with E-state index in [1.54, 1.807) is 4.90 Å². The first kappa shape index (κ1) is 16.2. The van der Waals surface area contributed by atoms with Gasteiger partial charge in [0.25, 0.3) is 0 Å². The number of ether oxygens (including phenoxy) is 2. The van der Waals surface area contributed by atoms with Crippen LogP contribution >= 0.6 is 0 Å². The van der Waals surface area contributed by atoms with Gasteiger partial charge < -0.3 is 18.9 Å². The van der Waals surface area contributed by atoms with Gasteiger partial charge in [-0.1, -0.05) is 18.2 Å². The number of anilines is 1. The Balaban J connectivity index is 1.60. The molecule has 6 nitrogen and oxygen atoms in total. The molecule has 3 heterocycles. The lowest BCUT2D eigenvalue weighted by Crippen LogP contribution is -2.43. The molecule has 0 radical (unpaired) electrons. The summed E-state index contributed by atoms with van der Waals surface area (Å²) in [6.45, 7) is 3.35. The van der Waals surface area contributed by atoms with E-state index in [2.05, 4.69) is 0 Å². The molecule has 1 aromatic heterocycles. The number of carbonyl (C=O) groups is 1. The first-order chi connectivity index (χ1) is 13.1. The topological polar surface area (TPSA) is 56.6 Å². The number of imidazole rings is 1. The van der Waals surface area contributed by atoms with E-state index < -0.39 is 0 Å². The predicted molar refractivity (Wildman–Crippen MR) is 102 cm³/mol. The molecule has 3 aromatic rings. The van der Waals surface area contributed by atoms with Crippen molar-refractivity contribution in [2.24, 2.45) is 7.05 Å². The van der Waals surface area contributed by atoms with E-state index in [0.29, 0.717) is 18.8 Å². The molecule has 0 saturated carbocycles. The molecule has 1 saturated heterocycles. The molecule has 2 aliphatic heterocycles. The van der Waals surface area contributed by atoms with E-state index in [9.17, 15) is 4.79 Å². The van der Waals surface area contributed by atoms with Gasteiger partial charge in [0.05, 0.1) is 12.1 Å². The highest BCUT2D eigenvalue weighted by molar-refractivity contribution is 6.01. The molecular formula is C21H21N3O3. The number of carbonyl (C=O) groups excluding carboxylic acids is 1. The summed E-state index contributed by atoms with van der Waals surface area (Å²) in [7, 11) is 1.99. The second-order valence-corrected chi connectivity index (χ2v) is 7.11. The van der Waals surface area contributed by atoms with Crippen molar-refractivity contribution in [3.05, 3.63) is 47.8 Å². The van der Waals surface area contributed by atoms with Gasteiger partial charge in [0.1, 0.15) is 28.9 Å². The maximum Gasteiger partial charge on any atom is 0.228 e. The second-order valence-electron chi connectivity index (χ2n) is 7.11. The van der Waals surface area contributed by atoms with Crippen LogP contribution in [0.15, 0.2) is 36.4 Å². The van der Waals surface area contributed by atoms with Crippen molar-refractivity contribution < 1.29 is 14.3 Å². The van der Waals surface area contributed by atoms with Crippen LogP contribution in [0.3, 0.4) is 0 Å². The molecule has 27 heavy (non-hydrogen) atoms. The van der Waals surface area contributed by atoms with Crippen LogP contribution in [-0.4, -0.2) is 28.6 Å². The van der Waals surface area contributed by atoms with E-state index in [4.69, 9.17) is 14.5 Å². The quantitative estimate of drug-likeness (QED) is 0.668. The number of para-hydroxylation sites is 1. The highest BCUT2D eigenvalue weighted by Crippen LogP contribution is 2.39. The van der Waals surface area contributed by atoms with Gasteiger partial charge in [0, 0.05) is 43.8 Å². The first-order valence-corrected chi connectivity index (χ1v) is 9.27. The van der Waals surface area contributed by atoms with Gasteiger partial charge in [-0.3, -0.25) is 4.79 Å². The normalized spacial score (nSPS) is 18.8. The summed E-state index contributed by atoms with van der Waals surface area (Å²) in [5.74, 6) is 2.65. The lowest BCUT2D eigenvalue weighted by Gasteiger charge is -2.31. The second kappa shape index (κ2) is 6.01. The number of β-lactam (4-membered cyclic amide) rings is 1. The number of fused-ring (bicyclic) bond motifs is 2. The third kappa shape index (κ3) is 2.55. The molecule has 6 heteroatoms. The number of aromatic nitrogens is 2. The average molecular weight is 363 g/mol. The number of hydrogen-bond acceptors (Lipinski definition) is 4. The van der Waals surface area contributed by atoms with Gasteiger partial charge in [0.2, 0.25) is 5.91 Å². The zero-order valence-corrected chi connectivity index (χ0v) is 15.4. The molecule has 0 bridgehead atoms. The lowest BCUT2D eigenvalue weighted by atomic mass is 10.0. The Morgan fingerprint density at radius 1 is 1.26 bits per heavy atom. The van der Waals surface area contributed by atoms with Crippen LogP contribution in [0, 0.1) is 6.92 Å². The van der Waals surface area contributed by atoms with Gasteiger partial charge in [-0.2, -0.15) is 0 Å². The number of benzene rings is 2. The third-order valence-corrected chi connectivity index (χ3v) is 5.49. The monoisotopic (exact) mass is 363 g/mol. The molecule has 0 N–H and O–H groups in total. The molecule has 1 atom stereocenters. The molecule has 138 valence electrons. The zero-order chi connectivity index (χ0) is 18.5. The highest BCUT2D eigenvalue weighted by Gasteiger charge is 2.29. The van der Waals surface area contributed by atoms with Crippen molar-refractivity contribution in [2.75, 3.05) is 18.1 Å². The fourth-order valence-electron chi connectivity index (χ4n) is 3.78. The molecule has 2 aromatic carbocycles. The van der Waals surface area contributed by atoms with Crippen LogP contribution in [-0.2, 0) is 11.8 Å². The lowest BCUT2D eigenvalue weighted by molar-refractivity contribution is -0.122. The summed E-state index contributed by atoms with van der Waals surface area (Å²) >= 11 is 0. The van der Waals surface area contributed by atoms with Crippen molar-refractivity contribution in [3.63, 3.8) is 0 Å². The van der Waals surface area contributed by atoms with Crippen molar-refractivity contribution in [2.45, 2.75) is 25.9 Å². The van der Waals surface area contributed by atoms with Crippen LogP contribution in [0.1, 0.15) is 30.3 Å². The SMILES string of the molecule is Cc1nc2c(OC3CCOc4ccccc43)cc(N3CCC3=O)cc2n1C. The Morgan fingerprint density at radius 2 is 2.11 bits per heavy atom. The van der Waals surface area contributed by atoms with Crippen LogP contribution in [0.2, 0.25) is 0 Å². The van der Waals surface area contributed by atoms with E-state index in [1.807, 2.05) is 54.9 Å². The van der Waals surface area contributed by atoms with Gasteiger partial charge in [-0.15, -0.1) is 0 Å². The van der Waals surface area contributed by atoms with Gasteiger partial charge >= 0.3 is 0 Å². The van der Waals surface area contributed by atoms with Gasteiger partial charge in [-0.05, 0) is 19.1 Å². The molecule has 1 fully saturated rings. The summed E-state index contributed by atoms with van der Waals surface area (Å²) in [4.78, 5) is 18.5. The van der Waals surface area contributed by atoms with Crippen molar-refractivity contribution in [1.29, 1.82) is 0 Å². The minimum absolute atomic E-state index is 0.0946. The summed E-state index contributed by atoms with van der Waals surface area (Å²) in [6.07, 6.45) is 1.28. The number of aryl methyl sites for hydroxylation is 2. The maximum atomic E-state index is 12.0. The summed E-state index contributed by atoms with van der Waals surface area (Å²) < 4.78 is 14.3. The Morgan fingerprint density at radius 3 is 2.89 bits per heavy atom. The Labute approximate surface area is 157 Å². The Kier molecular flexibility index (Phi) is 3.60. The molecule has 2 aliphatic rings. The molecular weight excluding hydrogens is 342 g/mol. The molecule has 5 rings (SSSR count). The van der Waals surface area contributed by atoms with E-state index in [-0.39, 0.29) is 12.0 Å². The van der Waals surface area contributed by atoms with Crippen molar-refractivity contribution >= 4 is 22.6 Å². The molecule has 0 aliphatic carbocycles. The standard InChI is InChI=1S/C21H21N3O3/c1-13-22-21-16(23(13)2)11-14(24-9-7-20(24)25)12-19(21)27-18-8-10-26-17-6-4-3-5-15(17)18/h3-6,11-12,18H,7-10H2,1-2H3. The predicted octanol–water partition coefficient (Wildman–Crippen LogP) is 3.52. The van der Waals surface area contributed by atoms with Crippen LogP contribution < -0.4 is 14.4 Å². The van der Waals surface area contributed by atoms with Gasteiger partial charge in [-0.25, -0.2) is 4.98 Å². The summed E-state index contributed by atoms with van der Waals surface area (Å²) in [5, 5.41) is 0. The molecule has 0 spiro atoms. The van der Waals surface area contributed by atoms with Crippen molar-refractivity contribution in [3.8, 4) is 11.5 Å². The smallest absolute Gasteiger partial charge is 0.228 e. The number of amides is 1. The Bertz CT molecular complexity index is 1060. The average Bonchev–Trinajstić information content (AvgIpc) is 2.96. The van der Waals surface area contributed by atoms with E-state index in [1.165, 1.54) is 0 Å². The third-order valence-electron chi connectivity index (χ3n) is 5.49. The number of hydrogen-bond donors (Lipinski definition) is 0. The fraction of sp³-hybridized carbons (Fsp3) is 0.333. The molecule has 1 amide bonds. The highest BCUT2D eigenvalue weighted by atomic mass is 16.5. The first-order valence-electron chi connectivity index (χ1n) is 9.27. The summed E-state index contributed by atoms with van der Waals surface area (Å²) in [6, 6.07) is 12.0. The fourth-order valence-corrected chi connectivity index (χ4v) is 3.78. The van der Waals surface area contributed by atoms with E-state index in [0.717, 1.165) is 46.8 Å². The van der Waals surface area contributed by atoms with Gasteiger partial charge in [0.15, 0.2) is 0 Å². The summed E-state index contributed by atoms with van der Waals surface area (Å²) in [5.41, 5.74) is 3.72. The molecule has 1 unspecified atom stereocenters. The maximum absolute atomic E-state index is 12.0. The van der Waals surface area contributed by atoms with Crippen LogP contribution in [0.25, 0.3) is 11.0 Å². The zero-order valence-electron chi connectivity index (χ0n) is 15.4. The largest absolute Gasteiger partial charge is 0.493 e. The minimum atomic E-state index is -0.0946. The minimum Gasteiger partial charge on any atom is -0.493 e. The van der Waals surface area contributed by atoms with E-state index >= 15 is 0 Å². The number of rotatable bonds is 3. The van der Waals surface area contributed by atoms with Crippen molar-refractivity contribution in [1.82, 2.24) is 9.55 Å². The number of nitrogens with zero attached hydrogens (tertiary/aromatic N) is 3. The van der Waals surface area contributed by atoms with Crippen LogP contribution in [0.4, 0.5) is 5.69 Å². The van der Waals surface area contributed by atoms with Crippen LogP contribution in [0.5, 0.6) is 11.5 Å². The Hall–Kier alpha value is -3.02.